The van der Waals surface area contributed by atoms with Crippen LogP contribution in [-0.2, 0) is 20.8 Å². The second-order valence-electron chi connectivity index (χ2n) is 7.57. The summed E-state index contributed by atoms with van der Waals surface area (Å²) in [5, 5.41) is 22.5. The normalized spacial score (nSPS) is 11.1. The van der Waals surface area contributed by atoms with E-state index in [0.29, 0.717) is 12.4 Å². The van der Waals surface area contributed by atoms with Gasteiger partial charge in [-0.1, -0.05) is 0 Å². The molecule has 0 bridgehead atoms. The van der Waals surface area contributed by atoms with Gasteiger partial charge in [0.1, 0.15) is 12.4 Å². The van der Waals surface area contributed by atoms with Crippen molar-refractivity contribution in [2.24, 2.45) is 14.1 Å². The van der Waals surface area contributed by atoms with Crippen LogP contribution >= 0.6 is 15.9 Å². The van der Waals surface area contributed by atoms with Gasteiger partial charge in [0.2, 0.25) is 0 Å². The highest BCUT2D eigenvalue weighted by atomic mass is 79.9. The molecule has 0 spiro atoms. The Morgan fingerprint density at radius 1 is 0.939 bits per heavy atom. The first kappa shape index (κ1) is 22.5. The lowest BCUT2D eigenvalue weighted by Gasteiger charge is -2.08. The number of amides is 2. The molecule has 0 atom stereocenters. The van der Waals surface area contributed by atoms with Gasteiger partial charge in [0, 0.05) is 20.3 Å². The first-order valence-electron chi connectivity index (χ1n) is 10.0. The smallest absolute Gasteiger partial charge is 0.276 e. The van der Waals surface area contributed by atoms with E-state index in [0.717, 1.165) is 21.6 Å². The Hall–Kier alpha value is -3.74. The fourth-order valence-corrected chi connectivity index (χ4v) is 3.58. The van der Waals surface area contributed by atoms with Gasteiger partial charge >= 0.3 is 0 Å². The highest BCUT2D eigenvalue weighted by molar-refractivity contribution is 9.10. The zero-order valence-corrected chi connectivity index (χ0v) is 20.4. The minimum Gasteiger partial charge on any atom is -0.318 e. The molecule has 0 aromatic carbocycles. The predicted octanol–water partition coefficient (Wildman–Crippen LogP) is 2.24. The molecule has 0 aliphatic carbocycles. The predicted molar refractivity (Wildman–Crippen MR) is 124 cm³/mol. The number of halogens is 1. The molecule has 0 radical (unpaired) electrons. The van der Waals surface area contributed by atoms with Gasteiger partial charge in [-0.2, -0.15) is 20.4 Å². The number of nitrogens with zero attached hydrogens (tertiary/aromatic N) is 8. The first-order valence-corrected chi connectivity index (χ1v) is 10.8. The van der Waals surface area contributed by atoms with Crippen molar-refractivity contribution in [2.45, 2.75) is 27.4 Å². The monoisotopic (exact) mass is 514 g/mol. The molecule has 0 aliphatic rings. The van der Waals surface area contributed by atoms with Crippen LogP contribution in [0.2, 0.25) is 0 Å². The number of nitrogens with one attached hydrogen (secondary N) is 2. The molecule has 4 aromatic heterocycles. The summed E-state index contributed by atoms with van der Waals surface area (Å²) in [6.45, 7) is 6.06. The van der Waals surface area contributed by atoms with Crippen molar-refractivity contribution in [3.63, 3.8) is 0 Å². The molecule has 13 heteroatoms. The van der Waals surface area contributed by atoms with Gasteiger partial charge in [0.15, 0.2) is 5.69 Å². The van der Waals surface area contributed by atoms with E-state index in [9.17, 15) is 9.59 Å². The van der Waals surface area contributed by atoms with Gasteiger partial charge in [-0.05, 0) is 42.8 Å². The van der Waals surface area contributed by atoms with Crippen molar-refractivity contribution in [1.82, 2.24) is 39.1 Å². The third-order valence-electron chi connectivity index (χ3n) is 5.33. The maximum atomic E-state index is 12.9. The molecule has 0 saturated heterocycles. The summed E-state index contributed by atoms with van der Waals surface area (Å²) in [7, 11) is 3.41. The van der Waals surface area contributed by atoms with E-state index in [4.69, 9.17) is 0 Å². The molecule has 2 amide bonds. The van der Waals surface area contributed by atoms with E-state index in [2.05, 4.69) is 47.0 Å². The Labute approximate surface area is 197 Å². The van der Waals surface area contributed by atoms with Crippen LogP contribution in [0.15, 0.2) is 29.1 Å². The van der Waals surface area contributed by atoms with Crippen LogP contribution in [0.25, 0.3) is 0 Å². The van der Waals surface area contributed by atoms with Gasteiger partial charge in [-0.3, -0.25) is 23.6 Å². The number of hydrogen-bond acceptors (Lipinski definition) is 6. The molecule has 4 rings (SSSR count). The van der Waals surface area contributed by atoms with E-state index in [-0.39, 0.29) is 17.1 Å². The molecule has 12 nitrogen and oxygen atoms in total. The lowest BCUT2D eigenvalue weighted by atomic mass is 10.3. The van der Waals surface area contributed by atoms with Crippen LogP contribution in [0.3, 0.4) is 0 Å². The Balaban J connectivity index is 1.49. The number of hydrogen-bond donors (Lipinski definition) is 2. The number of carbonyl (C=O) groups is 2. The van der Waals surface area contributed by atoms with Gasteiger partial charge < -0.3 is 10.6 Å². The van der Waals surface area contributed by atoms with Crippen LogP contribution in [0.5, 0.6) is 0 Å². The van der Waals surface area contributed by atoms with Crippen molar-refractivity contribution in [3.05, 3.63) is 57.6 Å². The van der Waals surface area contributed by atoms with Crippen LogP contribution in [0, 0.1) is 20.8 Å². The van der Waals surface area contributed by atoms with Crippen LogP contribution in [0.4, 0.5) is 11.4 Å². The standard InChI is InChI=1S/C20H23BrN10O2/c1-11-17(21)13(3)31(26-11)10-30-7-6-14(27-30)19(32)25-16-9-23-29(5)18(16)20(33)24-15-8-22-28(4)12(15)2/h6-9H,10H2,1-5H3,(H,24,33)(H,25,32). The quantitative estimate of drug-likeness (QED) is 0.405. The molecular formula is C20H23BrN10O2. The Morgan fingerprint density at radius 3 is 2.24 bits per heavy atom. The average Bonchev–Trinajstić information content (AvgIpc) is 3.52. The maximum Gasteiger partial charge on any atom is 0.276 e. The molecule has 0 aliphatic heterocycles. The topological polar surface area (TPSA) is 129 Å². The minimum atomic E-state index is -0.456. The van der Waals surface area contributed by atoms with Gasteiger partial charge in [0.05, 0.1) is 45.3 Å². The van der Waals surface area contributed by atoms with Crippen molar-refractivity contribution >= 4 is 39.1 Å². The molecule has 0 fully saturated rings. The molecule has 0 unspecified atom stereocenters. The Bertz CT molecular complexity index is 1360. The van der Waals surface area contributed by atoms with Crippen molar-refractivity contribution < 1.29 is 9.59 Å². The number of anilines is 2. The first-order chi connectivity index (χ1) is 15.7. The summed E-state index contributed by atoms with van der Waals surface area (Å²) < 4.78 is 7.40. The second-order valence-corrected chi connectivity index (χ2v) is 8.37. The molecule has 33 heavy (non-hydrogen) atoms. The SMILES string of the molecule is Cc1nn(Cn2ccc(C(=O)Nc3cnn(C)c3C(=O)Nc3cnn(C)c3C)n2)c(C)c1Br. The summed E-state index contributed by atoms with van der Waals surface area (Å²) >= 11 is 3.50. The largest absolute Gasteiger partial charge is 0.318 e. The van der Waals surface area contributed by atoms with Crippen LogP contribution in [0.1, 0.15) is 38.1 Å². The van der Waals surface area contributed by atoms with Crippen molar-refractivity contribution in [3.8, 4) is 0 Å². The summed E-state index contributed by atoms with van der Waals surface area (Å²) in [6, 6.07) is 1.60. The summed E-state index contributed by atoms with van der Waals surface area (Å²) in [5.41, 5.74) is 3.91. The van der Waals surface area contributed by atoms with E-state index < -0.39 is 11.8 Å². The molecular weight excluding hydrogens is 492 g/mol. The Morgan fingerprint density at radius 2 is 1.61 bits per heavy atom. The van der Waals surface area contributed by atoms with Gasteiger partial charge in [-0.25, -0.2) is 4.68 Å². The van der Waals surface area contributed by atoms with Crippen LogP contribution in [-0.4, -0.2) is 50.9 Å². The number of aryl methyl sites for hydroxylation is 3. The van der Waals surface area contributed by atoms with Crippen molar-refractivity contribution in [2.75, 3.05) is 10.6 Å². The third kappa shape index (κ3) is 4.31. The second kappa shape index (κ2) is 8.65. The van der Waals surface area contributed by atoms with Crippen molar-refractivity contribution in [1.29, 1.82) is 0 Å². The Kier molecular flexibility index (Phi) is 5.89. The summed E-state index contributed by atoms with van der Waals surface area (Å²) in [5.74, 6) is -0.870. The van der Waals surface area contributed by atoms with Crippen LogP contribution < -0.4 is 10.6 Å². The molecule has 0 saturated carbocycles. The zero-order valence-electron chi connectivity index (χ0n) is 18.8. The number of carbonyl (C=O) groups excluding carboxylic acids is 2. The minimum absolute atomic E-state index is 0.203. The van der Waals surface area contributed by atoms with Gasteiger partial charge in [0.25, 0.3) is 11.8 Å². The average molecular weight is 515 g/mol. The number of rotatable bonds is 6. The van der Waals surface area contributed by atoms with E-state index in [1.54, 1.807) is 46.6 Å². The highest BCUT2D eigenvalue weighted by Gasteiger charge is 2.21. The molecule has 2 N–H and O–H groups in total. The van der Waals surface area contributed by atoms with E-state index in [1.807, 2.05) is 20.8 Å². The van der Waals surface area contributed by atoms with E-state index >= 15 is 0 Å². The zero-order chi connectivity index (χ0) is 23.9. The third-order valence-corrected chi connectivity index (χ3v) is 6.48. The van der Waals surface area contributed by atoms with E-state index in [1.165, 1.54) is 10.9 Å². The molecule has 4 aromatic rings. The fraction of sp³-hybridized carbons (Fsp3) is 0.300. The number of aromatic nitrogens is 8. The summed E-state index contributed by atoms with van der Waals surface area (Å²) in [6.07, 6.45) is 4.68. The molecule has 172 valence electrons. The lowest BCUT2D eigenvalue weighted by Crippen LogP contribution is -2.21. The summed E-state index contributed by atoms with van der Waals surface area (Å²) in [4.78, 5) is 25.7. The molecule has 4 heterocycles. The maximum absolute atomic E-state index is 12.9. The van der Waals surface area contributed by atoms with Gasteiger partial charge in [-0.15, -0.1) is 0 Å². The lowest BCUT2D eigenvalue weighted by molar-refractivity contribution is 0.101. The highest BCUT2D eigenvalue weighted by Crippen LogP contribution is 2.21. The fourth-order valence-electron chi connectivity index (χ4n) is 3.30.